The number of hydrogen-bond acceptors (Lipinski definition) is 4. The third-order valence-corrected chi connectivity index (χ3v) is 2.01. The molecule has 1 aromatic rings. The minimum absolute atomic E-state index is 0.180. The van der Waals surface area contributed by atoms with Crippen molar-refractivity contribution in [3.05, 3.63) is 23.8 Å². The molecule has 0 heterocycles. The molecule has 5 heteroatoms. The lowest BCUT2D eigenvalue weighted by atomic mass is 10.2. The second kappa shape index (κ2) is 7.77. The van der Waals surface area contributed by atoms with E-state index in [9.17, 15) is 4.79 Å². The lowest BCUT2D eigenvalue weighted by molar-refractivity contribution is -0.118. The molecule has 0 aliphatic carbocycles. The average molecular weight is 260 g/mol. The van der Waals surface area contributed by atoms with Gasteiger partial charge in [-0.2, -0.15) is 5.10 Å². The number of carbonyl (C=O) groups excluding carboxylic acids is 1. The predicted octanol–water partition coefficient (Wildman–Crippen LogP) is 1.57. The molecule has 0 radical (unpaired) electrons. The van der Waals surface area contributed by atoms with E-state index < -0.39 is 0 Å². The second-order valence-corrected chi connectivity index (χ2v) is 3.56. The van der Waals surface area contributed by atoms with Crippen molar-refractivity contribution in [2.45, 2.75) is 13.8 Å². The summed E-state index contributed by atoms with van der Waals surface area (Å²) in [5.41, 5.74) is 3.11. The molecule has 5 nitrogen and oxygen atoms in total. The Hall–Kier alpha value is -2.48. The van der Waals surface area contributed by atoms with E-state index in [1.165, 1.54) is 13.1 Å². The fraction of sp³-hybridized carbons (Fsp3) is 0.286. The first kappa shape index (κ1) is 14.6. The van der Waals surface area contributed by atoms with E-state index >= 15 is 0 Å². The second-order valence-electron chi connectivity index (χ2n) is 3.56. The topological polar surface area (TPSA) is 59.9 Å². The highest BCUT2D eigenvalue weighted by Gasteiger charge is 2.05. The first-order chi connectivity index (χ1) is 9.17. The molecule has 0 saturated carbocycles. The minimum atomic E-state index is -0.227. The van der Waals surface area contributed by atoms with Crippen LogP contribution < -0.4 is 14.9 Å². The van der Waals surface area contributed by atoms with Gasteiger partial charge in [-0.3, -0.25) is 4.79 Å². The summed E-state index contributed by atoms with van der Waals surface area (Å²) in [5, 5.41) is 3.78. The molecule has 0 aromatic heterocycles. The Labute approximate surface area is 112 Å². The fourth-order valence-corrected chi connectivity index (χ4v) is 1.31. The van der Waals surface area contributed by atoms with Gasteiger partial charge in [0.2, 0.25) is 5.91 Å². The lowest BCUT2D eigenvalue weighted by Crippen LogP contribution is -2.12. The van der Waals surface area contributed by atoms with Crippen LogP contribution >= 0.6 is 0 Å². The highest BCUT2D eigenvalue weighted by Crippen LogP contribution is 2.27. The Bertz CT molecular complexity index is 504. The van der Waals surface area contributed by atoms with Crippen LogP contribution in [0.5, 0.6) is 11.5 Å². The summed E-state index contributed by atoms with van der Waals surface area (Å²) < 4.78 is 10.8. The maximum atomic E-state index is 10.7. The molecule has 19 heavy (non-hydrogen) atoms. The summed E-state index contributed by atoms with van der Waals surface area (Å²) in [6.45, 7) is 3.96. The molecule has 1 amide bonds. The lowest BCUT2D eigenvalue weighted by Gasteiger charge is -2.10. The number of nitrogens with one attached hydrogen (secondary N) is 1. The van der Waals surface area contributed by atoms with Gasteiger partial charge in [-0.25, -0.2) is 5.43 Å². The van der Waals surface area contributed by atoms with Crippen LogP contribution in [0.25, 0.3) is 0 Å². The van der Waals surface area contributed by atoms with Gasteiger partial charge in [0.05, 0.1) is 12.8 Å². The molecule has 0 saturated heterocycles. The van der Waals surface area contributed by atoms with Crippen molar-refractivity contribution in [2.24, 2.45) is 5.10 Å². The van der Waals surface area contributed by atoms with Crippen LogP contribution in [0.15, 0.2) is 23.3 Å². The molecule has 1 N–H and O–H groups in total. The normalized spacial score (nSPS) is 9.95. The van der Waals surface area contributed by atoms with Crippen molar-refractivity contribution in [3.8, 4) is 23.8 Å². The van der Waals surface area contributed by atoms with E-state index in [0.717, 1.165) is 5.56 Å². The zero-order valence-electron chi connectivity index (χ0n) is 11.0. The quantitative estimate of drug-likeness (QED) is 0.480. The number of hydrazone groups is 1. The molecule has 0 atom stereocenters. The number of carbonyl (C=O) groups is 1. The van der Waals surface area contributed by atoms with Gasteiger partial charge in [0.1, 0.15) is 6.61 Å². The summed E-state index contributed by atoms with van der Waals surface area (Å²) >= 11 is 0. The van der Waals surface area contributed by atoms with Crippen LogP contribution in [0, 0.1) is 12.3 Å². The SMILES string of the molecule is C#CCOc1ccc(C=NNC(C)=O)cc1OCC. The Kier molecular flexibility index (Phi) is 5.96. The molecule has 1 aromatic carbocycles. The standard InChI is InChI=1S/C14H16N2O3/c1-4-8-19-13-7-6-12(9-14(13)18-5-2)10-15-16-11(3)17/h1,6-7,9-10H,5,8H2,2-3H3,(H,16,17). The molecule has 1 rings (SSSR count). The summed E-state index contributed by atoms with van der Waals surface area (Å²) in [6, 6.07) is 5.30. The van der Waals surface area contributed by atoms with E-state index in [4.69, 9.17) is 15.9 Å². The first-order valence-electron chi connectivity index (χ1n) is 5.80. The van der Waals surface area contributed by atoms with Gasteiger partial charge in [0, 0.05) is 6.92 Å². The zero-order valence-corrected chi connectivity index (χ0v) is 11.0. The summed E-state index contributed by atoms with van der Waals surface area (Å²) in [5.74, 6) is 3.34. The maximum Gasteiger partial charge on any atom is 0.236 e. The fourth-order valence-electron chi connectivity index (χ4n) is 1.31. The largest absolute Gasteiger partial charge is 0.490 e. The van der Waals surface area contributed by atoms with E-state index in [1.54, 1.807) is 18.2 Å². The Morgan fingerprint density at radius 3 is 2.89 bits per heavy atom. The van der Waals surface area contributed by atoms with Gasteiger partial charge in [0.25, 0.3) is 0 Å². The maximum absolute atomic E-state index is 10.7. The highest BCUT2D eigenvalue weighted by atomic mass is 16.5. The third kappa shape index (κ3) is 5.13. The van der Waals surface area contributed by atoms with Gasteiger partial charge in [-0.1, -0.05) is 5.92 Å². The van der Waals surface area contributed by atoms with Crippen LogP contribution in [0.1, 0.15) is 19.4 Å². The number of rotatable bonds is 6. The van der Waals surface area contributed by atoms with Crippen LogP contribution in [0.3, 0.4) is 0 Å². The van der Waals surface area contributed by atoms with E-state index in [0.29, 0.717) is 18.1 Å². The van der Waals surface area contributed by atoms with Crippen molar-refractivity contribution < 1.29 is 14.3 Å². The third-order valence-electron chi connectivity index (χ3n) is 2.01. The molecule has 0 aliphatic rings. The molecule has 100 valence electrons. The predicted molar refractivity (Wildman–Crippen MR) is 73.3 cm³/mol. The Balaban J connectivity index is 2.85. The molecule has 0 spiro atoms. The summed E-state index contributed by atoms with van der Waals surface area (Å²) in [6.07, 6.45) is 6.67. The van der Waals surface area contributed by atoms with Crippen LogP contribution in [0.4, 0.5) is 0 Å². The van der Waals surface area contributed by atoms with Crippen LogP contribution in [-0.2, 0) is 4.79 Å². The molecular weight excluding hydrogens is 244 g/mol. The first-order valence-corrected chi connectivity index (χ1v) is 5.80. The molecule has 0 aliphatic heterocycles. The minimum Gasteiger partial charge on any atom is -0.490 e. The van der Waals surface area contributed by atoms with Crippen molar-refractivity contribution in [1.29, 1.82) is 0 Å². The van der Waals surface area contributed by atoms with Gasteiger partial charge in [-0.05, 0) is 30.7 Å². The van der Waals surface area contributed by atoms with E-state index in [2.05, 4.69) is 16.4 Å². The highest BCUT2D eigenvalue weighted by molar-refractivity contribution is 5.82. The van der Waals surface area contributed by atoms with E-state index in [-0.39, 0.29) is 12.5 Å². The van der Waals surface area contributed by atoms with Crippen LogP contribution in [-0.4, -0.2) is 25.3 Å². The van der Waals surface area contributed by atoms with Crippen molar-refractivity contribution >= 4 is 12.1 Å². The number of nitrogens with zero attached hydrogens (tertiary/aromatic N) is 1. The molecular formula is C14H16N2O3. The Morgan fingerprint density at radius 2 is 2.26 bits per heavy atom. The van der Waals surface area contributed by atoms with Gasteiger partial charge in [0.15, 0.2) is 11.5 Å². The molecule has 0 unspecified atom stereocenters. The van der Waals surface area contributed by atoms with Crippen molar-refractivity contribution in [1.82, 2.24) is 5.43 Å². The number of amides is 1. The van der Waals surface area contributed by atoms with E-state index in [1.807, 2.05) is 6.92 Å². The smallest absolute Gasteiger partial charge is 0.236 e. The number of ether oxygens (including phenoxy) is 2. The van der Waals surface area contributed by atoms with Crippen molar-refractivity contribution in [2.75, 3.05) is 13.2 Å². The van der Waals surface area contributed by atoms with Crippen molar-refractivity contribution in [3.63, 3.8) is 0 Å². The molecule has 0 fully saturated rings. The average Bonchev–Trinajstić information content (AvgIpc) is 2.38. The van der Waals surface area contributed by atoms with Crippen LogP contribution in [0.2, 0.25) is 0 Å². The number of benzene rings is 1. The van der Waals surface area contributed by atoms with Gasteiger partial charge in [-0.15, -0.1) is 6.42 Å². The zero-order chi connectivity index (χ0) is 14.1. The number of terminal acetylenes is 1. The Morgan fingerprint density at radius 1 is 1.47 bits per heavy atom. The summed E-state index contributed by atoms with van der Waals surface area (Å²) in [7, 11) is 0. The number of hydrogen-bond donors (Lipinski definition) is 1. The summed E-state index contributed by atoms with van der Waals surface area (Å²) in [4.78, 5) is 10.7. The molecule has 0 bridgehead atoms. The van der Waals surface area contributed by atoms with Gasteiger partial charge >= 0.3 is 0 Å². The van der Waals surface area contributed by atoms with Gasteiger partial charge < -0.3 is 9.47 Å². The monoisotopic (exact) mass is 260 g/mol.